The number of hydrogen-bond donors (Lipinski definition) is 2. The molecule has 1 fully saturated rings. The van der Waals surface area contributed by atoms with E-state index in [0.29, 0.717) is 19.4 Å². The monoisotopic (exact) mass is 220 g/mol. The lowest BCUT2D eigenvalue weighted by Gasteiger charge is -2.05. The van der Waals surface area contributed by atoms with Crippen LogP contribution in [0.4, 0.5) is 0 Å². The molecule has 0 aromatic carbocycles. The molecular formula is C8H16N2O3S. The van der Waals surface area contributed by atoms with E-state index in [1.165, 1.54) is 0 Å². The molecule has 2 N–H and O–H groups in total. The summed E-state index contributed by atoms with van der Waals surface area (Å²) in [5.74, 6) is -0.419. The lowest BCUT2D eigenvalue weighted by atomic mass is 10.4. The first-order chi connectivity index (χ1) is 6.56. The Morgan fingerprint density at radius 3 is 2.57 bits per heavy atom. The van der Waals surface area contributed by atoms with Crippen LogP contribution in [-0.4, -0.2) is 32.7 Å². The van der Waals surface area contributed by atoms with E-state index in [1.54, 1.807) is 0 Å². The van der Waals surface area contributed by atoms with Crippen LogP contribution in [0, 0.1) is 0 Å². The van der Waals surface area contributed by atoms with Crippen LogP contribution >= 0.6 is 0 Å². The summed E-state index contributed by atoms with van der Waals surface area (Å²) in [4.78, 5) is 11.1. The topological polar surface area (TPSA) is 75.3 Å². The maximum Gasteiger partial charge on any atom is 0.237 e. The van der Waals surface area contributed by atoms with Gasteiger partial charge in [-0.05, 0) is 19.4 Å². The molecule has 5 nitrogen and oxygen atoms in total. The molecule has 0 unspecified atom stereocenters. The fraction of sp³-hybridized carbons (Fsp3) is 0.875. The van der Waals surface area contributed by atoms with Gasteiger partial charge in [-0.3, -0.25) is 9.52 Å². The summed E-state index contributed by atoms with van der Waals surface area (Å²) in [5, 5.41) is 2.63. The fourth-order valence-electron chi connectivity index (χ4n) is 1.05. The lowest BCUT2D eigenvalue weighted by Crippen LogP contribution is -2.34. The Kier molecular flexibility index (Phi) is 3.88. The van der Waals surface area contributed by atoms with Crippen LogP contribution in [0.3, 0.4) is 0 Å². The number of rotatable bonds is 6. The van der Waals surface area contributed by atoms with Crippen LogP contribution < -0.4 is 10.0 Å². The molecule has 14 heavy (non-hydrogen) atoms. The molecule has 82 valence electrons. The number of hydrogen-bond acceptors (Lipinski definition) is 4. The van der Waals surface area contributed by atoms with E-state index in [9.17, 15) is 13.2 Å². The molecule has 1 aliphatic rings. The van der Waals surface area contributed by atoms with E-state index in [1.807, 2.05) is 6.92 Å². The molecule has 1 aliphatic carbocycles. The van der Waals surface area contributed by atoms with Gasteiger partial charge in [0, 0.05) is 13.0 Å². The zero-order chi connectivity index (χ0) is 10.6. The van der Waals surface area contributed by atoms with Crippen molar-refractivity contribution in [1.29, 1.82) is 0 Å². The Morgan fingerprint density at radius 1 is 1.43 bits per heavy atom. The first-order valence-electron chi connectivity index (χ1n) is 4.81. The summed E-state index contributed by atoms with van der Waals surface area (Å²) in [6.07, 6.45) is 1.56. The molecule has 0 spiro atoms. The Labute approximate surface area is 84.3 Å². The number of carbonyl (C=O) groups is 1. The maximum atomic E-state index is 11.3. The smallest absolute Gasteiger partial charge is 0.237 e. The molecule has 0 aliphatic heterocycles. The minimum atomic E-state index is -3.35. The van der Waals surface area contributed by atoms with Gasteiger partial charge in [-0.2, -0.15) is 0 Å². The summed E-state index contributed by atoms with van der Waals surface area (Å²) < 4.78 is 24.6. The van der Waals surface area contributed by atoms with E-state index in [4.69, 9.17) is 0 Å². The third kappa shape index (κ3) is 3.63. The minimum absolute atomic E-state index is 0.208. The zero-order valence-electron chi connectivity index (χ0n) is 8.25. The molecule has 6 heteroatoms. The van der Waals surface area contributed by atoms with E-state index < -0.39 is 15.9 Å². The molecule has 0 radical (unpaired) electrons. The molecule has 0 saturated heterocycles. The van der Waals surface area contributed by atoms with Gasteiger partial charge in [-0.15, -0.1) is 0 Å². The first kappa shape index (κ1) is 11.5. The van der Waals surface area contributed by atoms with Crippen molar-refractivity contribution in [3.8, 4) is 0 Å². The molecule has 0 bridgehead atoms. The largest absolute Gasteiger partial charge is 0.316 e. The van der Waals surface area contributed by atoms with E-state index >= 15 is 0 Å². The van der Waals surface area contributed by atoms with Crippen LogP contribution in [0.1, 0.15) is 26.2 Å². The molecule has 0 atom stereocenters. The van der Waals surface area contributed by atoms with E-state index in [2.05, 4.69) is 10.0 Å². The van der Waals surface area contributed by atoms with Crippen LogP contribution in [0.15, 0.2) is 0 Å². The van der Waals surface area contributed by atoms with Gasteiger partial charge in [0.2, 0.25) is 15.9 Å². The molecule has 0 aromatic heterocycles. The summed E-state index contributed by atoms with van der Waals surface area (Å²) in [5.41, 5.74) is 0. The zero-order valence-corrected chi connectivity index (χ0v) is 9.06. The highest BCUT2D eigenvalue weighted by Gasteiger charge is 2.36. The predicted octanol–water partition coefficient (Wildman–Crippen LogP) is -0.406. The Morgan fingerprint density at radius 2 is 2.07 bits per heavy atom. The second-order valence-corrected chi connectivity index (χ2v) is 5.33. The molecule has 1 rings (SSSR count). The van der Waals surface area contributed by atoms with Gasteiger partial charge < -0.3 is 5.32 Å². The van der Waals surface area contributed by atoms with Crippen molar-refractivity contribution in [1.82, 2.24) is 10.0 Å². The lowest BCUT2D eigenvalue weighted by molar-refractivity contribution is -0.119. The fourth-order valence-corrected chi connectivity index (χ4v) is 2.39. The third-order valence-electron chi connectivity index (χ3n) is 2.00. The average molecular weight is 220 g/mol. The second-order valence-electron chi connectivity index (χ2n) is 3.37. The second kappa shape index (κ2) is 4.75. The quantitative estimate of drug-likeness (QED) is 0.597. The predicted molar refractivity (Wildman–Crippen MR) is 53.2 cm³/mol. The van der Waals surface area contributed by atoms with E-state index in [-0.39, 0.29) is 11.7 Å². The number of amides is 1. The van der Waals surface area contributed by atoms with Crippen molar-refractivity contribution in [2.24, 2.45) is 0 Å². The summed E-state index contributed by atoms with van der Waals surface area (Å²) in [6, 6.07) is 0. The van der Waals surface area contributed by atoms with Gasteiger partial charge in [-0.1, -0.05) is 6.92 Å². The summed E-state index contributed by atoms with van der Waals surface area (Å²) in [7, 11) is -3.35. The van der Waals surface area contributed by atoms with Crippen molar-refractivity contribution in [3.05, 3.63) is 0 Å². The minimum Gasteiger partial charge on any atom is -0.316 e. The Hall–Kier alpha value is -0.620. The summed E-state index contributed by atoms with van der Waals surface area (Å²) in [6.45, 7) is 3.23. The maximum absolute atomic E-state index is 11.3. The molecule has 1 amide bonds. The van der Waals surface area contributed by atoms with Crippen molar-refractivity contribution >= 4 is 15.9 Å². The van der Waals surface area contributed by atoms with Gasteiger partial charge in [0.1, 0.15) is 0 Å². The number of nitrogens with one attached hydrogen (secondary N) is 2. The number of sulfonamides is 1. The molecule has 0 aromatic rings. The first-order valence-corrected chi connectivity index (χ1v) is 6.36. The SMILES string of the molecule is CCNCCC(=O)NS(=O)(=O)C1CC1. The highest BCUT2D eigenvalue weighted by molar-refractivity contribution is 7.90. The Bertz CT molecular complexity index is 296. The average Bonchev–Trinajstić information content (AvgIpc) is 2.85. The molecule has 1 saturated carbocycles. The van der Waals surface area contributed by atoms with Gasteiger partial charge in [0.25, 0.3) is 0 Å². The number of carbonyl (C=O) groups excluding carboxylic acids is 1. The van der Waals surface area contributed by atoms with Crippen LogP contribution in [0.5, 0.6) is 0 Å². The van der Waals surface area contributed by atoms with E-state index in [0.717, 1.165) is 6.54 Å². The standard InChI is InChI=1S/C8H16N2O3S/c1-2-9-6-5-8(11)10-14(12,13)7-3-4-7/h7,9H,2-6H2,1H3,(H,10,11). The highest BCUT2D eigenvalue weighted by atomic mass is 32.2. The summed E-state index contributed by atoms with van der Waals surface area (Å²) >= 11 is 0. The van der Waals surface area contributed by atoms with Gasteiger partial charge in [0.05, 0.1) is 5.25 Å². The third-order valence-corrected chi connectivity index (χ3v) is 3.86. The van der Waals surface area contributed by atoms with Gasteiger partial charge >= 0.3 is 0 Å². The van der Waals surface area contributed by atoms with Crippen molar-refractivity contribution in [2.75, 3.05) is 13.1 Å². The van der Waals surface area contributed by atoms with Crippen molar-refractivity contribution in [3.63, 3.8) is 0 Å². The van der Waals surface area contributed by atoms with Gasteiger partial charge in [-0.25, -0.2) is 8.42 Å². The highest BCUT2D eigenvalue weighted by Crippen LogP contribution is 2.27. The Balaban J connectivity index is 2.26. The normalized spacial score (nSPS) is 16.6. The van der Waals surface area contributed by atoms with Crippen LogP contribution in [-0.2, 0) is 14.8 Å². The van der Waals surface area contributed by atoms with Crippen molar-refractivity contribution < 1.29 is 13.2 Å². The molecule has 0 heterocycles. The van der Waals surface area contributed by atoms with Crippen LogP contribution in [0.25, 0.3) is 0 Å². The van der Waals surface area contributed by atoms with Crippen LogP contribution in [0.2, 0.25) is 0 Å². The van der Waals surface area contributed by atoms with Crippen molar-refractivity contribution in [2.45, 2.75) is 31.4 Å². The van der Waals surface area contributed by atoms with Gasteiger partial charge in [0.15, 0.2) is 0 Å². The molecular weight excluding hydrogens is 204 g/mol.